The van der Waals surface area contributed by atoms with Gasteiger partial charge in [0, 0.05) is 10.6 Å². The molecule has 7 heteroatoms. The first-order chi connectivity index (χ1) is 14.6. The molecule has 0 N–H and O–H groups in total. The van der Waals surface area contributed by atoms with Gasteiger partial charge in [-0.2, -0.15) is 4.68 Å². The van der Waals surface area contributed by atoms with Gasteiger partial charge in [-0.25, -0.2) is 9.99 Å². The molecule has 0 bridgehead atoms. The van der Waals surface area contributed by atoms with Gasteiger partial charge in [-0.1, -0.05) is 66.2 Å². The number of carbonyl (C=O) groups excluding carboxylic acids is 1. The number of nitrogens with zero attached hydrogens (tertiary/aromatic N) is 3. The van der Waals surface area contributed by atoms with E-state index in [1.165, 1.54) is 21.4 Å². The van der Waals surface area contributed by atoms with Gasteiger partial charge in [0.1, 0.15) is 5.37 Å². The van der Waals surface area contributed by atoms with Crippen LogP contribution in [0.15, 0.2) is 83.7 Å². The first-order valence-corrected chi connectivity index (χ1v) is 10.8. The Balaban J connectivity index is 1.78. The Bertz CT molecular complexity index is 1310. The van der Waals surface area contributed by atoms with Crippen molar-refractivity contribution in [1.29, 1.82) is 0 Å². The molecule has 5 nitrogen and oxygen atoms in total. The van der Waals surface area contributed by atoms with E-state index in [0.717, 1.165) is 11.1 Å². The molecular formula is C23H16ClN3O2S. The first-order valence-electron chi connectivity index (χ1n) is 9.40. The van der Waals surface area contributed by atoms with Gasteiger partial charge in [-0.3, -0.25) is 9.59 Å². The number of hydrogen-bond donors (Lipinski definition) is 0. The molecule has 1 atom stereocenters. The third-order valence-electron chi connectivity index (χ3n) is 5.00. The van der Waals surface area contributed by atoms with Crippen molar-refractivity contribution in [3.05, 3.63) is 99.8 Å². The summed E-state index contributed by atoms with van der Waals surface area (Å²) in [5, 5.41) is 2.27. The molecule has 2 heterocycles. The SMILES string of the molecule is O=C1CSC(c2ccc(Cl)cc2)N1n1c(-c2ccccc2)nc2ccccc2c1=O. The number of fused-ring (bicyclic) bond motifs is 1. The van der Waals surface area contributed by atoms with E-state index in [2.05, 4.69) is 0 Å². The summed E-state index contributed by atoms with van der Waals surface area (Å²) in [6.45, 7) is 0. The third kappa shape index (κ3) is 3.18. The normalized spacial score (nSPS) is 16.4. The summed E-state index contributed by atoms with van der Waals surface area (Å²) >= 11 is 7.52. The maximum absolute atomic E-state index is 13.6. The van der Waals surface area contributed by atoms with Crippen LogP contribution in [0.4, 0.5) is 0 Å². The third-order valence-corrected chi connectivity index (χ3v) is 6.45. The van der Waals surface area contributed by atoms with E-state index in [-0.39, 0.29) is 22.6 Å². The Morgan fingerprint density at radius 1 is 0.900 bits per heavy atom. The highest BCUT2D eigenvalue weighted by molar-refractivity contribution is 8.00. The van der Waals surface area contributed by atoms with E-state index < -0.39 is 0 Å². The molecule has 30 heavy (non-hydrogen) atoms. The average molecular weight is 434 g/mol. The van der Waals surface area contributed by atoms with Crippen LogP contribution in [0.1, 0.15) is 10.9 Å². The molecule has 1 aromatic heterocycles. The second kappa shape index (κ2) is 7.63. The number of amides is 1. The minimum absolute atomic E-state index is 0.142. The molecule has 1 saturated heterocycles. The van der Waals surface area contributed by atoms with Crippen molar-refractivity contribution in [2.45, 2.75) is 5.37 Å². The molecule has 1 aliphatic rings. The number of para-hydroxylation sites is 1. The van der Waals surface area contributed by atoms with Crippen LogP contribution in [0.5, 0.6) is 0 Å². The first kappa shape index (κ1) is 18.9. The number of aromatic nitrogens is 2. The van der Waals surface area contributed by atoms with Crippen molar-refractivity contribution < 1.29 is 4.79 Å². The molecule has 0 radical (unpaired) electrons. The number of halogens is 1. The fraction of sp³-hybridized carbons (Fsp3) is 0.0870. The maximum atomic E-state index is 13.6. The highest BCUT2D eigenvalue weighted by Gasteiger charge is 2.37. The quantitative estimate of drug-likeness (QED) is 0.472. The zero-order valence-corrected chi connectivity index (χ0v) is 17.3. The van der Waals surface area contributed by atoms with Crippen LogP contribution in [-0.4, -0.2) is 21.3 Å². The number of thioether (sulfide) groups is 1. The lowest BCUT2D eigenvalue weighted by molar-refractivity contribution is -0.117. The Hall–Kier alpha value is -3.09. The molecule has 1 unspecified atom stereocenters. The summed E-state index contributed by atoms with van der Waals surface area (Å²) in [6, 6.07) is 24.0. The van der Waals surface area contributed by atoms with Crippen molar-refractivity contribution >= 4 is 40.2 Å². The molecular weight excluding hydrogens is 418 g/mol. The summed E-state index contributed by atoms with van der Waals surface area (Å²) in [4.78, 5) is 31.3. The smallest absolute Gasteiger partial charge is 0.272 e. The van der Waals surface area contributed by atoms with Gasteiger partial charge in [-0.15, -0.1) is 11.8 Å². The highest BCUT2D eigenvalue weighted by Crippen LogP contribution is 2.38. The van der Waals surface area contributed by atoms with Crippen LogP contribution in [-0.2, 0) is 4.79 Å². The Kier molecular flexibility index (Phi) is 4.81. The van der Waals surface area contributed by atoms with Crippen molar-refractivity contribution in [3.8, 4) is 11.4 Å². The van der Waals surface area contributed by atoms with E-state index in [4.69, 9.17) is 16.6 Å². The Morgan fingerprint density at radius 2 is 1.60 bits per heavy atom. The number of hydrogen-bond acceptors (Lipinski definition) is 4. The van der Waals surface area contributed by atoms with Gasteiger partial charge < -0.3 is 0 Å². The Labute approximate surface area is 181 Å². The fourth-order valence-electron chi connectivity index (χ4n) is 3.60. The van der Waals surface area contributed by atoms with Gasteiger partial charge in [0.15, 0.2) is 5.82 Å². The van der Waals surface area contributed by atoms with Crippen LogP contribution in [0.2, 0.25) is 5.02 Å². The van der Waals surface area contributed by atoms with E-state index in [1.807, 2.05) is 54.6 Å². The minimum Gasteiger partial charge on any atom is -0.272 e. The molecule has 0 aliphatic carbocycles. The van der Waals surface area contributed by atoms with Crippen LogP contribution >= 0.6 is 23.4 Å². The van der Waals surface area contributed by atoms with E-state index in [0.29, 0.717) is 21.7 Å². The van der Waals surface area contributed by atoms with Gasteiger partial charge in [0.05, 0.1) is 16.7 Å². The molecule has 0 saturated carbocycles. The lowest BCUT2D eigenvalue weighted by Crippen LogP contribution is -2.46. The fourth-order valence-corrected chi connectivity index (χ4v) is 4.86. The topological polar surface area (TPSA) is 55.2 Å². The number of carbonyl (C=O) groups is 1. The molecule has 3 aromatic carbocycles. The van der Waals surface area contributed by atoms with Gasteiger partial charge in [0.2, 0.25) is 0 Å². The summed E-state index contributed by atoms with van der Waals surface area (Å²) in [7, 11) is 0. The van der Waals surface area contributed by atoms with Crippen LogP contribution in [0.25, 0.3) is 22.3 Å². The largest absolute Gasteiger partial charge is 0.280 e. The van der Waals surface area contributed by atoms with Crippen molar-refractivity contribution in [2.75, 3.05) is 10.8 Å². The van der Waals surface area contributed by atoms with Crippen LogP contribution in [0, 0.1) is 0 Å². The van der Waals surface area contributed by atoms with Gasteiger partial charge >= 0.3 is 0 Å². The highest BCUT2D eigenvalue weighted by atomic mass is 35.5. The molecule has 4 aromatic rings. The summed E-state index contributed by atoms with van der Waals surface area (Å²) < 4.78 is 1.43. The average Bonchev–Trinajstić information content (AvgIpc) is 3.16. The second-order valence-electron chi connectivity index (χ2n) is 6.89. The summed E-state index contributed by atoms with van der Waals surface area (Å²) in [6.07, 6.45) is 0. The number of rotatable bonds is 3. The molecule has 1 fully saturated rings. The summed E-state index contributed by atoms with van der Waals surface area (Å²) in [5.41, 5.74) is 1.99. The van der Waals surface area contributed by atoms with E-state index in [9.17, 15) is 9.59 Å². The summed E-state index contributed by atoms with van der Waals surface area (Å²) in [5.74, 6) is 0.575. The van der Waals surface area contributed by atoms with Gasteiger partial charge in [0.25, 0.3) is 11.5 Å². The van der Waals surface area contributed by atoms with Crippen molar-refractivity contribution in [1.82, 2.24) is 9.66 Å². The lowest BCUT2D eigenvalue weighted by atomic mass is 10.2. The van der Waals surface area contributed by atoms with Crippen LogP contribution < -0.4 is 10.6 Å². The number of benzene rings is 3. The second-order valence-corrected chi connectivity index (χ2v) is 8.39. The Morgan fingerprint density at radius 3 is 2.37 bits per heavy atom. The van der Waals surface area contributed by atoms with Crippen LogP contribution in [0.3, 0.4) is 0 Å². The monoisotopic (exact) mass is 433 g/mol. The molecule has 1 amide bonds. The minimum atomic E-state index is -0.349. The van der Waals surface area contributed by atoms with E-state index in [1.54, 1.807) is 24.3 Å². The van der Waals surface area contributed by atoms with Crippen molar-refractivity contribution in [2.24, 2.45) is 0 Å². The van der Waals surface area contributed by atoms with E-state index >= 15 is 0 Å². The predicted molar refractivity (Wildman–Crippen MR) is 121 cm³/mol. The van der Waals surface area contributed by atoms with Gasteiger partial charge in [-0.05, 0) is 29.8 Å². The molecule has 1 aliphatic heterocycles. The standard InChI is InChI=1S/C23H16ClN3O2S/c24-17-12-10-16(11-13-17)23-26(20(28)14-30-23)27-21(15-6-2-1-3-7-15)25-19-9-5-4-8-18(19)22(27)29/h1-13,23H,14H2. The predicted octanol–water partition coefficient (Wildman–Crippen LogP) is 4.63. The molecule has 5 rings (SSSR count). The van der Waals surface area contributed by atoms with Crippen molar-refractivity contribution in [3.63, 3.8) is 0 Å². The molecule has 0 spiro atoms. The zero-order chi connectivity index (χ0) is 20.7. The maximum Gasteiger partial charge on any atom is 0.280 e. The lowest BCUT2D eigenvalue weighted by Gasteiger charge is -2.28. The molecule has 148 valence electrons. The zero-order valence-electron chi connectivity index (χ0n) is 15.7.